The first kappa shape index (κ1) is 15.8. The second-order valence-electron chi connectivity index (χ2n) is 3.83. The van der Waals surface area contributed by atoms with Crippen LogP contribution in [0.3, 0.4) is 0 Å². The van der Waals surface area contributed by atoms with Crippen LogP contribution in [0.25, 0.3) is 0 Å². The van der Waals surface area contributed by atoms with Crippen LogP contribution in [-0.4, -0.2) is 39.2 Å². The number of carbonyl (C=O) groups excluding carboxylic acids is 2. The van der Waals surface area contributed by atoms with Gasteiger partial charge < -0.3 is 18.9 Å². The van der Waals surface area contributed by atoms with Crippen LogP contribution in [0, 0.1) is 0 Å². The maximum atomic E-state index is 11.6. The third-order valence-electron chi connectivity index (χ3n) is 2.52. The van der Waals surface area contributed by atoms with Gasteiger partial charge in [0.2, 0.25) is 5.75 Å². The largest absolute Gasteiger partial charge is 0.493 e. The number of ketones is 1. The Kier molecular flexibility index (Phi) is 5.83. The zero-order valence-corrected chi connectivity index (χ0v) is 12.0. The zero-order chi connectivity index (χ0) is 15.1. The number of esters is 1. The Hall–Kier alpha value is -2.24. The summed E-state index contributed by atoms with van der Waals surface area (Å²) in [5.41, 5.74) is 0.312. The van der Waals surface area contributed by atoms with Crippen LogP contribution in [0.15, 0.2) is 12.1 Å². The molecule has 0 radical (unpaired) electrons. The van der Waals surface area contributed by atoms with Crippen molar-refractivity contribution in [2.75, 3.05) is 27.4 Å². The fourth-order valence-electron chi connectivity index (χ4n) is 1.65. The lowest BCUT2D eigenvalue weighted by atomic mass is 10.1. The molecule has 0 spiro atoms. The average Bonchev–Trinajstić information content (AvgIpc) is 2.43. The molecule has 0 heterocycles. The van der Waals surface area contributed by atoms with Gasteiger partial charge in [-0.2, -0.15) is 0 Å². The van der Waals surface area contributed by atoms with Crippen molar-refractivity contribution in [2.24, 2.45) is 0 Å². The van der Waals surface area contributed by atoms with Gasteiger partial charge in [0.1, 0.15) is 0 Å². The van der Waals surface area contributed by atoms with E-state index in [2.05, 4.69) is 0 Å². The number of Topliss-reactive ketones (excluding diaryl/α,β-unsaturated/α-hetero) is 1. The van der Waals surface area contributed by atoms with Crippen molar-refractivity contribution in [1.29, 1.82) is 0 Å². The van der Waals surface area contributed by atoms with Crippen LogP contribution >= 0.6 is 0 Å². The van der Waals surface area contributed by atoms with Crippen molar-refractivity contribution >= 4 is 11.8 Å². The van der Waals surface area contributed by atoms with Crippen LogP contribution < -0.4 is 14.2 Å². The minimum Gasteiger partial charge on any atom is -0.493 e. The second-order valence-corrected chi connectivity index (χ2v) is 3.83. The maximum absolute atomic E-state index is 11.6. The molecule has 0 aliphatic rings. The molecule has 0 bridgehead atoms. The van der Waals surface area contributed by atoms with Gasteiger partial charge in [-0.3, -0.25) is 4.79 Å². The van der Waals surface area contributed by atoms with E-state index < -0.39 is 5.97 Å². The average molecular weight is 282 g/mol. The van der Waals surface area contributed by atoms with Crippen molar-refractivity contribution in [2.45, 2.75) is 13.8 Å². The number of rotatable bonds is 7. The highest BCUT2D eigenvalue weighted by Gasteiger charge is 2.20. The molecule has 0 aromatic heterocycles. The van der Waals surface area contributed by atoms with Gasteiger partial charge in [-0.05, 0) is 26.0 Å². The van der Waals surface area contributed by atoms with Gasteiger partial charge in [-0.15, -0.1) is 0 Å². The summed E-state index contributed by atoms with van der Waals surface area (Å²) in [5.74, 6) is 0.130. The summed E-state index contributed by atoms with van der Waals surface area (Å²) >= 11 is 0. The highest BCUT2D eigenvalue weighted by molar-refractivity contribution is 5.98. The molecule has 0 N–H and O–H groups in total. The summed E-state index contributed by atoms with van der Waals surface area (Å²) in [6.45, 7) is 3.05. The zero-order valence-electron chi connectivity index (χ0n) is 12.0. The smallest absolute Gasteiger partial charge is 0.344 e. The predicted molar refractivity (Wildman–Crippen MR) is 71.7 cm³/mol. The lowest BCUT2D eigenvalue weighted by Gasteiger charge is -2.16. The molecule has 0 fully saturated rings. The molecular formula is C14H18O6. The van der Waals surface area contributed by atoms with E-state index in [1.807, 2.05) is 0 Å². The molecule has 6 heteroatoms. The van der Waals surface area contributed by atoms with Crippen LogP contribution in [0.5, 0.6) is 17.2 Å². The predicted octanol–water partition coefficient (Wildman–Crippen LogP) is 1.85. The summed E-state index contributed by atoms with van der Waals surface area (Å²) < 4.78 is 20.5. The van der Waals surface area contributed by atoms with E-state index in [0.717, 1.165) is 0 Å². The third kappa shape index (κ3) is 3.63. The number of hydrogen-bond donors (Lipinski definition) is 0. The first-order chi connectivity index (χ1) is 9.54. The van der Waals surface area contributed by atoms with E-state index in [-0.39, 0.29) is 30.5 Å². The molecule has 1 aromatic carbocycles. The SMILES string of the molecule is CCOC(=O)COc1c(C(C)=O)ccc(OC)c1OC. The van der Waals surface area contributed by atoms with E-state index in [4.69, 9.17) is 18.9 Å². The monoisotopic (exact) mass is 282 g/mol. The van der Waals surface area contributed by atoms with Gasteiger partial charge in [0.15, 0.2) is 23.9 Å². The number of hydrogen-bond acceptors (Lipinski definition) is 6. The topological polar surface area (TPSA) is 71.1 Å². The van der Waals surface area contributed by atoms with Crippen LogP contribution in [0.1, 0.15) is 24.2 Å². The van der Waals surface area contributed by atoms with Gasteiger partial charge >= 0.3 is 5.97 Å². The van der Waals surface area contributed by atoms with Crippen molar-refractivity contribution in [3.05, 3.63) is 17.7 Å². The highest BCUT2D eigenvalue weighted by atomic mass is 16.6. The molecule has 6 nitrogen and oxygen atoms in total. The van der Waals surface area contributed by atoms with Crippen molar-refractivity contribution in [1.82, 2.24) is 0 Å². The van der Waals surface area contributed by atoms with E-state index in [1.54, 1.807) is 19.1 Å². The fourth-order valence-corrected chi connectivity index (χ4v) is 1.65. The highest BCUT2D eigenvalue weighted by Crippen LogP contribution is 2.40. The Morgan fingerprint density at radius 3 is 2.30 bits per heavy atom. The standard InChI is InChI=1S/C14H18O6/c1-5-19-12(16)8-20-13-10(9(2)15)6-7-11(17-3)14(13)18-4/h6-7H,5,8H2,1-4H3. The molecule has 0 amide bonds. The quantitative estimate of drug-likeness (QED) is 0.561. The van der Waals surface area contributed by atoms with Gasteiger partial charge in [0.05, 0.1) is 26.4 Å². The first-order valence-corrected chi connectivity index (χ1v) is 6.09. The van der Waals surface area contributed by atoms with Gasteiger partial charge in [-0.25, -0.2) is 4.79 Å². The number of benzene rings is 1. The summed E-state index contributed by atoms with van der Waals surface area (Å²) in [6.07, 6.45) is 0. The van der Waals surface area contributed by atoms with Crippen LogP contribution in [0.4, 0.5) is 0 Å². The van der Waals surface area contributed by atoms with Crippen molar-refractivity contribution in [3.8, 4) is 17.2 Å². The molecule has 1 rings (SSSR count). The molecule has 0 aliphatic heterocycles. The molecule has 0 saturated heterocycles. The Morgan fingerprint density at radius 1 is 1.10 bits per heavy atom. The van der Waals surface area contributed by atoms with E-state index in [0.29, 0.717) is 11.3 Å². The van der Waals surface area contributed by atoms with Gasteiger partial charge in [0, 0.05) is 0 Å². The fraction of sp³-hybridized carbons (Fsp3) is 0.429. The van der Waals surface area contributed by atoms with E-state index in [1.165, 1.54) is 21.1 Å². The maximum Gasteiger partial charge on any atom is 0.344 e. The Labute approximate surface area is 117 Å². The molecular weight excluding hydrogens is 264 g/mol. The van der Waals surface area contributed by atoms with Gasteiger partial charge in [-0.1, -0.05) is 0 Å². The lowest BCUT2D eigenvalue weighted by Crippen LogP contribution is -2.16. The number of carbonyl (C=O) groups is 2. The Morgan fingerprint density at radius 2 is 1.80 bits per heavy atom. The minimum atomic E-state index is -0.521. The van der Waals surface area contributed by atoms with E-state index in [9.17, 15) is 9.59 Å². The van der Waals surface area contributed by atoms with Crippen LogP contribution in [-0.2, 0) is 9.53 Å². The molecule has 0 aliphatic carbocycles. The minimum absolute atomic E-state index is 0.174. The molecule has 20 heavy (non-hydrogen) atoms. The van der Waals surface area contributed by atoms with E-state index >= 15 is 0 Å². The summed E-state index contributed by atoms with van der Waals surface area (Å²) in [7, 11) is 2.90. The van der Waals surface area contributed by atoms with Gasteiger partial charge in [0.25, 0.3) is 0 Å². The third-order valence-corrected chi connectivity index (χ3v) is 2.52. The Balaban J connectivity index is 3.11. The number of ether oxygens (including phenoxy) is 4. The normalized spacial score (nSPS) is 9.80. The first-order valence-electron chi connectivity index (χ1n) is 6.09. The molecule has 0 atom stereocenters. The molecule has 1 aromatic rings. The van der Waals surface area contributed by atoms with Crippen LogP contribution in [0.2, 0.25) is 0 Å². The Bertz CT molecular complexity index is 495. The molecule has 110 valence electrons. The van der Waals surface area contributed by atoms with Crippen molar-refractivity contribution < 1.29 is 28.5 Å². The second kappa shape index (κ2) is 7.37. The van der Waals surface area contributed by atoms with Crippen molar-refractivity contribution in [3.63, 3.8) is 0 Å². The summed E-state index contributed by atoms with van der Waals surface area (Å²) in [5, 5.41) is 0. The summed E-state index contributed by atoms with van der Waals surface area (Å²) in [6, 6.07) is 3.16. The number of methoxy groups -OCH3 is 2. The molecule has 0 unspecified atom stereocenters. The lowest BCUT2D eigenvalue weighted by molar-refractivity contribution is -0.145. The molecule has 0 saturated carbocycles. The summed E-state index contributed by atoms with van der Waals surface area (Å²) in [4.78, 5) is 23.0.